The summed E-state index contributed by atoms with van der Waals surface area (Å²) in [5.74, 6) is -0.537. The number of ether oxygens (including phenoxy) is 1. The van der Waals surface area contributed by atoms with E-state index in [0.29, 0.717) is 12.3 Å². The van der Waals surface area contributed by atoms with Crippen molar-refractivity contribution in [2.75, 3.05) is 13.7 Å². The normalized spacial score (nSPS) is 9.94. The summed E-state index contributed by atoms with van der Waals surface area (Å²) in [5, 5.41) is 2.66. The molecule has 0 radical (unpaired) electrons. The Bertz CT molecular complexity index is 366. The molecule has 0 aliphatic heterocycles. The molecule has 0 aliphatic carbocycles. The third kappa shape index (κ3) is 3.22. The van der Waals surface area contributed by atoms with Crippen LogP contribution in [0.3, 0.4) is 0 Å². The van der Waals surface area contributed by atoms with Gasteiger partial charge in [-0.25, -0.2) is 4.39 Å². The van der Waals surface area contributed by atoms with Gasteiger partial charge in [0.2, 0.25) is 0 Å². The lowest BCUT2D eigenvalue weighted by Crippen LogP contribution is -2.25. The highest BCUT2D eigenvalue weighted by molar-refractivity contribution is 5.94. The van der Waals surface area contributed by atoms with E-state index in [1.807, 2.05) is 6.92 Å². The maximum Gasteiger partial charge on any atom is 0.254 e. The van der Waals surface area contributed by atoms with Gasteiger partial charge in [0.05, 0.1) is 12.7 Å². The van der Waals surface area contributed by atoms with Gasteiger partial charge in [0.25, 0.3) is 5.91 Å². The summed E-state index contributed by atoms with van der Waals surface area (Å²) in [4.78, 5) is 11.5. The molecule has 0 aromatic heterocycles. The quantitative estimate of drug-likeness (QED) is 0.781. The van der Waals surface area contributed by atoms with Crippen molar-refractivity contribution in [2.45, 2.75) is 19.8 Å². The Balaban J connectivity index is 2.68. The number of carbonyl (C=O) groups excluding carboxylic acids is 1. The highest BCUT2D eigenvalue weighted by Crippen LogP contribution is 2.15. The van der Waals surface area contributed by atoms with Gasteiger partial charge in [0.1, 0.15) is 11.6 Å². The lowest BCUT2D eigenvalue weighted by molar-refractivity contribution is 0.0949. The van der Waals surface area contributed by atoms with Crippen LogP contribution in [0.1, 0.15) is 30.1 Å². The molecule has 3 nitrogen and oxygen atoms in total. The van der Waals surface area contributed by atoms with Gasteiger partial charge < -0.3 is 10.1 Å². The Morgan fingerprint density at radius 1 is 1.50 bits per heavy atom. The summed E-state index contributed by atoms with van der Waals surface area (Å²) < 4.78 is 18.3. The number of methoxy groups -OCH3 is 1. The van der Waals surface area contributed by atoms with E-state index >= 15 is 0 Å². The maximum atomic E-state index is 13.5. The van der Waals surface area contributed by atoms with Crippen LogP contribution in [-0.2, 0) is 0 Å². The van der Waals surface area contributed by atoms with Gasteiger partial charge in [-0.3, -0.25) is 4.79 Å². The maximum absolute atomic E-state index is 13.5. The van der Waals surface area contributed by atoms with Crippen molar-refractivity contribution >= 4 is 5.91 Å². The van der Waals surface area contributed by atoms with Crippen molar-refractivity contribution < 1.29 is 13.9 Å². The van der Waals surface area contributed by atoms with Crippen molar-refractivity contribution in [3.05, 3.63) is 29.6 Å². The molecular formula is C12H16FNO2. The molecule has 0 heterocycles. The zero-order chi connectivity index (χ0) is 12.0. The monoisotopic (exact) mass is 225 g/mol. The summed E-state index contributed by atoms with van der Waals surface area (Å²) >= 11 is 0. The third-order valence-corrected chi connectivity index (χ3v) is 2.24. The highest BCUT2D eigenvalue weighted by atomic mass is 19.1. The molecule has 0 saturated heterocycles. The average Bonchev–Trinajstić information content (AvgIpc) is 2.29. The van der Waals surface area contributed by atoms with Crippen LogP contribution in [0.25, 0.3) is 0 Å². The first-order valence-corrected chi connectivity index (χ1v) is 5.30. The number of rotatable bonds is 5. The van der Waals surface area contributed by atoms with E-state index in [9.17, 15) is 9.18 Å². The predicted molar refractivity (Wildman–Crippen MR) is 60.2 cm³/mol. The van der Waals surface area contributed by atoms with E-state index < -0.39 is 5.82 Å². The molecule has 0 fully saturated rings. The minimum absolute atomic E-state index is 0.0527. The fraction of sp³-hybridized carbons (Fsp3) is 0.417. The molecule has 0 atom stereocenters. The molecule has 1 amide bonds. The van der Waals surface area contributed by atoms with E-state index in [1.54, 1.807) is 6.07 Å². The Hall–Kier alpha value is -1.58. The number of carbonyl (C=O) groups is 1. The van der Waals surface area contributed by atoms with Gasteiger partial charge in [-0.15, -0.1) is 0 Å². The van der Waals surface area contributed by atoms with E-state index in [0.717, 1.165) is 12.8 Å². The molecule has 1 aromatic carbocycles. The minimum Gasteiger partial charge on any atom is -0.497 e. The summed E-state index contributed by atoms with van der Waals surface area (Å²) in [6.45, 7) is 2.60. The van der Waals surface area contributed by atoms with Crippen LogP contribution < -0.4 is 10.1 Å². The molecule has 88 valence electrons. The summed E-state index contributed by atoms with van der Waals surface area (Å²) in [7, 11) is 1.45. The van der Waals surface area contributed by atoms with Crippen LogP contribution in [0.2, 0.25) is 0 Å². The van der Waals surface area contributed by atoms with Crippen molar-refractivity contribution in [3.8, 4) is 5.75 Å². The summed E-state index contributed by atoms with van der Waals surface area (Å²) in [6, 6.07) is 4.20. The van der Waals surface area contributed by atoms with Crippen molar-refractivity contribution in [1.29, 1.82) is 0 Å². The second kappa shape index (κ2) is 6.10. The van der Waals surface area contributed by atoms with Gasteiger partial charge in [-0.2, -0.15) is 0 Å². The van der Waals surface area contributed by atoms with Gasteiger partial charge in [0, 0.05) is 12.6 Å². The van der Waals surface area contributed by atoms with Crippen LogP contribution in [0.4, 0.5) is 4.39 Å². The molecule has 0 unspecified atom stereocenters. The number of amides is 1. The van der Waals surface area contributed by atoms with Gasteiger partial charge in [0.15, 0.2) is 0 Å². The molecule has 0 spiro atoms. The number of hydrogen-bond acceptors (Lipinski definition) is 2. The van der Waals surface area contributed by atoms with Gasteiger partial charge in [-0.05, 0) is 18.6 Å². The topological polar surface area (TPSA) is 38.3 Å². The molecule has 4 heteroatoms. The number of hydrogen-bond donors (Lipinski definition) is 1. The molecular weight excluding hydrogens is 209 g/mol. The third-order valence-electron chi connectivity index (χ3n) is 2.24. The minimum atomic E-state index is -0.562. The van der Waals surface area contributed by atoms with Crippen LogP contribution in [0.5, 0.6) is 5.75 Å². The zero-order valence-electron chi connectivity index (χ0n) is 9.55. The van der Waals surface area contributed by atoms with Crippen molar-refractivity contribution in [2.24, 2.45) is 0 Å². The smallest absolute Gasteiger partial charge is 0.254 e. The van der Waals surface area contributed by atoms with Gasteiger partial charge in [-0.1, -0.05) is 13.3 Å². The zero-order valence-corrected chi connectivity index (χ0v) is 9.55. The summed E-state index contributed by atoms with van der Waals surface area (Å²) in [5.41, 5.74) is 0.0527. The van der Waals surface area contributed by atoms with Crippen LogP contribution in [0, 0.1) is 5.82 Å². The Kier molecular flexibility index (Phi) is 4.76. The fourth-order valence-corrected chi connectivity index (χ4v) is 1.28. The summed E-state index contributed by atoms with van der Waals surface area (Å²) in [6.07, 6.45) is 1.88. The molecule has 1 aromatic rings. The second-order valence-electron chi connectivity index (χ2n) is 3.46. The lowest BCUT2D eigenvalue weighted by Gasteiger charge is -2.06. The van der Waals surface area contributed by atoms with Crippen molar-refractivity contribution in [1.82, 2.24) is 5.32 Å². The number of benzene rings is 1. The number of nitrogens with one attached hydrogen (secondary N) is 1. The first-order valence-electron chi connectivity index (χ1n) is 5.30. The molecule has 1 rings (SSSR count). The van der Waals surface area contributed by atoms with Crippen LogP contribution in [-0.4, -0.2) is 19.6 Å². The van der Waals surface area contributed by atoms with Crippen LogP contribution in [0.15, 0.2) is 18.2 Å². The average molecular weight is 225 g/mol. The first-order chi connectivity index (χ1) is 7.69. The molecule has 0 bridgehead atoms. The SMILES string of the molecule is CCCCNC(=O)c1ccc(OC)cc1F. The van der Waals surface area contributed by atoms with E-state index in [1.165, 1.54) is 19.2 Å². The van der Waals surface area contributed by atoms with Gasteiger partial charge >= 0.3 is 0 Å². The fourth-order valence-electron chi connectivity index (χ4n) is 1.28. The van der Waals surface area contributed by atoms with E-state index in [2.05, 4.69) is 5.32 Å². The Labute approximate surface area is 94.6 Å². The number of unbranched alkanes of at least 4 members (excludes halogenated alkanes) is 1. The molecule has 1 N–H and O–H groups in total. The predicted octanol–water partition coefficient (Wildman–Crippen LogP) is 2.36. The van der Waals surface area contributed by atoms with E-state index in [4.69, 9.17) is 4.74 Å². The van der Waals surface area contributed by atoms with E-state index in [-0.39, 0.29) is 11.5 Å². The molecule has 0 aliphatic rings. The Morgan fingerprint density at radius 2 is 2.25 bits per heavy atom. The molecule has 0 saturated carbocycles. The first kappa shape index (κ1) is 12.5. The Morgan fingerprint density at radius 3 is 2.81 bits per heavy atom. The van der Waals surface area contributed by atoms with Crippen LogP contribution >= 0.6 is 0 Å². The largest absolute Gasteiger partial charge is 0.497 e. The highest BCUT2D eigenvalue weighted by Gasteiger charge is 2.11. The standard InChI is InChI=1S/C12H16FNO2/c1-3-4-7-14-12(15)10-6-5-9(16-2)8-11(10)13/h5-6,8H,3-4,7H2,1-2H3,(H,14,15). The molecule has 16 heavy (non-hydrogen) atoms. The second-order valence-corrected chi connectivity index (χ2v) is 3.46. The number of halogens is 1. The van der Waals surface area contributed by atoms with Crippen molar-refractivity contribution in [3.63, 3.8) is 0 Å². The lowest BCUT2D eigenvalue weighted by atomic mass is 10.2.